The van der Waals surface area contributed by atoms with E-state index in [9.17, 15) is 0 Å². The number of para-hydroxylation sites is 4. The number of hydrogen-bond acceptors (Lipinski definition) is 4. The van der Waals surface area contributed by atoms with Gasteiger partial charge < -0.3 is 9.13 Å². The number of aromatic nitrogens is 8. The molecule has 0 bridgehead atoms. The van der Waals surface area contributed by atoms with Gasteiger partial charge in [-0.2, -0.15) is 0 Å². The van der Waals surface area contributed by atoms with Crippen LogP contribution in [0.1, 0.15) is 0 Å². The maximum Gasteiger partial charge on any atom is 0.145 e. The molecule has 0 aliphatic heterocycles. The zero-order chi connectivity index (χ0) is 74.0. The molecule has 0 fully saturated rings. The highest BCUT2D eigenvalue weighted by molar-refractivity contribution is 6.19. The van der Waals surface area contributed by atoms with Gasteiger partial charge >= 0.3 is 0 Å². The van der Waals surface area contributed by atoms with Gasteiger partial charge in [0.25, 0.3) is 0 Å². The summed E-state index contributed by atoms with van der Waals surface area (Å²) >= 11 is 0. The van der Waals surface area contributed by atoms with Crippen LogP contribution < -0.4 is 0 Å². The molecule has 22 rings (SSSR count). The van der Waals surface area contributed by atoms with Crippen LogP contribution in [-0.2, 0) is 0 Å². The monoisotopic (exact) mass is 1430 g/mol. The second-order valence-electron chi connectivity index (χ2n) is 28.5. The average Bonchev–Trinajstić information content (AvgIpc) is 1.58. The summed E-state index contributed by atoms with van der Waals surface area (Å²) in [7, 11) is 0. The molecule has 0 aliphatic carbocycles. The Hall–Kier alpha value is -15.1. The van der Waals surface area contributed by atoms with Gasteiger partial charge in [0.15, 0.2) is 0 Å². The summed E-state index contributed by atoms with van der Waals surface area (Å²) in [5.41, 5.74) is 30.9. The lowest BCUT2D eigenvalue weighted by atomic mass is 9.98. The quantitative estimate of drug-likeness (QED) is 0.122. The van der Waals surface area contributed by atoms with Crippen LogP contribution in [0, 0.1) is 0 Å². The Balaban J connectivity index is 0.000000141. The second kappa shape index (κ2) is 27.6. The largest absolute Gasteiger partial charge is 0.309 e. The summed E-state index contributed by atoms with van der Waals surface area (Å²) in [5, 5.41) is 9.59. The zero-order valence-electron chi connectivity index (χ0n) is 60.8. The van der Waals surface area contributed by atoms with Crippen molar-refractivity contribution in [1.29, 1.82) is 0 Å². The minimum absolute atomic E-state index is 0.945. The molecule has 8 heteroatoms. The lowest BCUT2D eigenvalue weighted by molar-refractivity contribution is 1.14. The number of benzene rings is 14. The highest BCUT2D eigenvalue weighted by atomic mass is 15.1. The van der Waals surface area contributed by atoms with Crippen LogP contribution in [0.4, 0.5) is 0 Å². The van der Waals surface area contributed by atoms with Gasteiger partial charge in [-0.1, -0.05) is 255 Å². The van der Waals surface area contributed by atoms with Gasteiger partial charge in [0, 0.05) is 100 Å². The highest BCUT2D eigenvalue weighted by Gasteiger charge is 2.23. The number of pyridine rings is 4. The van der Waals surface area contributed by atoms with E-state index in [1.807, 2.05) is 42.7 Å². The molecule has 8 nitrogen and oxygen atoms in total. The van der Waals surface area contributed by atoms with Crippen LogP contribution in [0.25, 0.3) is 200 Å². The molecule has 0 saturated heterocycles. The Bertz CT molecular complexity index is 6760. The fraction of sp³-hybridized carbons (Fsp3) is 0. The van der Waals surface area contributed by atoms with Gasteiger partial charge in [-0.25, -0.2) is 19.9 Å². The van der Waals surface area contributed by atoms with Crippen molar-refractivity contribution in [3.8, 4) is 112 Å². The molecule has 112 heavy (non-hydrogen) atoms. The van der Waals surface area contributed by atoms with E-state index in [2.05, 4.69) is 388 Å². The molecule has 0 aliphatic rings. The molecule has 0 N–H and O–H groups in total. The van der Waals surface area contributed by atoms with Crippen molar-refractivity contribution in [2.75, 3.05) is 0 Å². The normalized spacial score (nSPS) is 11.6. The SMILES string of the molecule is c1ccc(-c2cc(-c3ccc(-n4c5ccccc5c5c(-c6ccc7c(c6)c6cccnc6n7-c6ccccc6)cccc54)cc3)cc(-c3ccccc3)n2)cc1.c1ccc(-c2cc(-c3ccccc3)nc(-c3ccc(-n4c5ccccc5c5c(-c6ccc7c(c6)c6cccnc6n7-c6ccccc6)cccc54)cc3)c2)cc1. The minimum Gasteiger partial charge on any atom is -0.309 e. The Morgan fingerprint density at radius 1 is 0.170 bits per heavy atom. The molecule has 0 amide bonds. The first-order chi connectivity index (χ1) is 55.6. The Kier molecular flexibility index (Phi) is 16.1. The first kappa shape index (κ1) is 65.2. The Morgan fingerprint density at radius 3 is 0.866 bits per heavy atom. The fourth-order valence-corrected chi connectivity index (χ4v) is 16.8. The molecule has 8 aromatic heterocycles. The van der Waals surface area contributed by atoms with Crippen LogP contribution >= 0.6 is 0 Å². The van der Waals surface area contributed by atoms with E-state index < -0.39 is 0 Å². The van der Waals surface area contributed by atoms with E-state index >= 15 is 0 Å². The van der Waals surface area contributed by atoms with E-state index in [0.717, 1.165) is 118 Å². The van der Waals surface area contributed by atoms with Crippen LogP contribution in [0.5, 0.6) is 0 Å². The first-order valence-electron chi connectivity index (χ1n) is 38.0. The van der Waals surface area contributed by atoms with Crippen LogP contribution in [0.3, 0.4) is 0 Å². The second-order valence-corrected chi connectivity index (χ2v) is 28.5. The lowest BCUT2D eigenvalue weighted by Crippen LogP contribution is -1.95. The number of hydrogen-bond donors (Lipinski definition) is 0. The average molecular weight is 1430 g/mol. The van der Waals surface area contributed by atoms with Crippen LogP contribution in [0.15, 0.2) is 413 Å². The fourth-order valence-electron chi connectivity index (χ4n) is 16.8. The molecule has 0 saturated carbocycles. The van der Waals surface area contributed by atoms with Crippen molar-refractivity contribution in [2.24, 2.45) is 0 Å². The third-order valence-corrected chi connectivity index (χ3v) is 21.9. The van der Waals surface area contributed by atoms with Crippen molar-refractivity contribution >= 4 is 87.5 Å². The molecule has 0 spiro atoms. The van der Waals surface area contributed by atoms with Gasteiger partial charge in [0.1, 0.15) is 11.3 Å². The molecule has 0 atom stereocenters. The van der Waals surface area contributed by atoms with Crippen molar-refractivity contribution in [3.05, 3.63) is 413 Å². The van der Waals surface area contributed by atoms with Gasteiger partial charge in [-0.3, -0.25) is 9.13 Å². The topological polar surface area (TPSA) is 71.3 Å². The minimum atomic E-state index is 0.945. The van der Waals surface area contributed by atoms with Gasteiger partial charge in [0.05, 0.1) is 55.9 Å². The molecule has 0 unspecified atom stereocenters. The summed E-state index contributed by atoms with van der Waals surface area (Å²) < 4.78 is 9.33. The van der Waals surface area contributed by atoms with E-state index in [-0.39, 0.29) is 0 Å². The Morgan fingerprint density at radius 2 is 0.464 bits per heavy atom. The zero-order valence-corrected chi connectivity index (χ0v) is 60.8. The van der Waals surface area contributed by atoms with Crippen LogP contribution in [-0.4, -0.2) is 38.2 Å². The van der Waals surface area contributed by atoms with Crippen molar-refractivity contribution < 1.29 is 0 Å². The molecular formula is C104H68N8. The number of rotatable bonds is 12. The predicted molar refractivity (Wildman–Crippen MR) is 465 cm³/mol. The number of nitrogens with zero attached hydrogens (tertiary/aromatic N) is 8. The van der Waals surface area contributed by atoms with Crippen LogP contribution in [0.2, 0.25) is 0 Å². The summed E-state index contributed by atoms with van der Waals surface area (Å²) in [4.78, 5) is 20.0. The summed E-state index contributed by atoms with van der Waals surface area (Å²) in [5.74, 6) is 0. The van der Waals surface area contributed by atoms with E-state index in [0.29, 0.717) is 0 Å². The summed E-state index contributed by atoms with van der Waals surface area (Å²) in [6.07, 6.45) is 3.76. The Labute approximate surface area is 646 Å². The molecule has 22 aromatic rings. The van der Waals surface area contributed by atoms with Crippen molar-refractivity contribution in [2.45, 2.75) is 0 Å². The van der Waals surface area contributed by atoms with E-state index in [4.69, 9.17) is 19.9 Å². The predicted octanol–water partition coefficient (Wildman–Crippen LogP) is 26.7. The van der Waals surface area contributed by atoms with Gasteiger partial charge in [-0.05, 0) is 190 Å². The van der Waals surface area contributed by atoms with Crippen molar-refractivity contribution in [1.82, 2.24) is 38.2 Å². The van der Waals surface area contributed by atoms with Crippen molar-refractivity contribution in [3.63, 3.8) is 0 Å². The maximum absolute atomic E-state index is 5.18. The molecule has 524 valence electrons. The molecule has 0 radical (unpaired) electrons. The molecular weight excluding hydrogens is 1360 g/mol. The highest BCUT2D eigenvalue weighted by Crippen LogP contribution is 2.45. The van der Waals surface area contributed by atoms with E-state index in [1.54, 1.807) is 0 Å². The lowest BCUT2D eigenvalue weighted by Gasteiger charge is -2.12. The summed E-state index contributed by atoms with van der Waals surface area (Å²) in [6, 6.07) is 142. The molecule has 14 aromatic carbocycles. The van der Waals surface area contributed by atoms with Gasteiger partial charge in [0.2, 0.25) is 0 Å². The summed E-state index contributed by atoms with van der Waals surface area (Å²) in [6.45, 7) is 0. The third-order valence-electron chi connectivity index (χ3n) is 21.9. The third kappa shape index (κ3) is 11.4. The molecule has 8 heterocycles. The number of fused-ring (bicyclic) bond motifs is 12. The maximum atomic E-state index is 5.18. The smallest absolute Gasteiger partial charge is 0.145 e. The van der Waals surface area contributed by atoms with Gasteiger partial charge in [-0.15, -0.1) is 0 Å². The van der Waals surface area contributed by atoms with E-state index in [1.165, 1.54) is 82.2 Å². The standard InChI is InChI=1S/2C52H34N4/c1-4-14-36(15-5-1)46-33-39(34-47(54-46)37-16-6-2-7-17-37)35-25-28-41(29-26-35)55-48-23-11-10-20-44(48)51-42(21-12-24-50(51)55)38-27-30-49-45(32-38)43-22-13-31-53-52(43)56(49)40-18-8-3-9-19-40;1-4-14-35(15-5-1)39-33-46(36-16-6-2-7-17-36)54-47(34-39)37-25-28-41(29-26-37)55-48-23-11-10-20-44(48)51-42(21-12-24-50(51)55)38-27-30-49-45(32-38)43-22-13-31-53-52(43)56(49)40-18-8-3-9-19-40/h2*1-34H. The first-order valence-corrected chi connectivity index (χ1v) is 38.0.